The third kappa shape index (κ3) is 5.14. The van der Waals surface area contributed by atoms with E-state index in [0.717, 1.165) is 5.57 Å². The Morgan fingerprint density at radius 1 is 1.03 bits per heavy atom. The molecule has 2 aliphatic heterocycles. The van der Waals surface area contributed by atoms with E-state index in [2.05, 4.69) is 0 Å². The number of rotatable bonds is 6. The topological polar surface area (TPSA) is 186 Å². The molecule has 0 bridgehead atoms. The highest BCUT2D eigenvalue weighted by molar-refractivity contribution is 6.06. The van der Waals surface area contributed by atoms with Crippen molar-refractivity contribution in [2.24, 2.45) is 0 Å². The summed E-state index contributed by atoms with van der Waals surface area (Å²) in [5.74, 6) is -1.45. The molecule has 7 N–H and O–H groups in total. The molecule has 2 aromatic rings. The monoisotopic (exact) mass is 518 g/mol. The predicted octanol–water partition coefficient (Wildman–Crippen LogP) is 0.462. The van der Waals surface area contributed by atoms with Crippen molar-refractivity contribution in [3.63, 3.8) is 0 Å². The SMILES string of the molecule is CC(C)=CCc1c(O[C@@H]2O[C@@H](CO)[C@@H](O)[C@@H](O)[C@H]2O)cc2c(c1O)C(=O)[C@H](O)[C@H](c1ccc(O)cc1)O2. The van der Waals surface area contributed by atoms with E-state index < -0.39 is 61.1 Å². The van der Waals surface area contributed by atoms with Crippen molar-refractivity contribution in [3.05, 3.63) is 58.7 Å². The van der Waals surface area contributed by atoms with E-state index in [1.54, 1.807) is 6.08 Å². The highest BCUT2D eigenvalue weighted by Crippen LogP contribution is 2.46. The minimum Gasteiger partial charge on any atom is -0.508 e. The molecule has 0 spiro atoms. The Labute approximate surface area is 212 Å². The zero-order valence-corrected chi connectivity index (χ0v) is 20.2. The molecule has 0 amide bonds. The first kappa shape index (κ1) is 26.9. The molecule has 2 aliphatic rings. The number of phenols is 2. The summed E-state index contributed by atoms with van der Waals surface area (Å²) in [6.45, 7) is 3.00. The van der Waals surface area contributed by atoms with Crippen LogP contribution in [0.1, 0.15) is 41.4 Å². The average molecular weight is 519 g/mol. The largest absolute Gasteiger partial charge is 0.508 e. The molecule has 1 fully saturated rings. The van der Waals surface area contributed by atoms with Gasteiger partial charge in [0.2, 0.25) is 12.1 Å². The molecular weight excluding hydrogens is 488 g/mol. The summed E-state index contributed by atoms with van der Waals surface area (Å²) in [5, 5.41) is 71.5. The summed E-state index contributed by atoms with van der Waals surface area (Å²) < 4.78 is 17.2. The number of Topliss-reactive ketones (excluding diaryl/α,β-unsaturated/α-hetero) is 1. The van der Waals surface area contributed by atoms with Crippen LogP contribution < -0.4 is 9.47 Å². The number of hydrogen-bond acceptors (Lipinski definition) is 11. The zero-order valence-electron chi connectivity index (χ0n) is 20.2. The van der Waals surface area contributed by atoms with Crippen molar-refractivity contribution in [2.75, 3.05) is 6.61 Å². The van der Waals surface area contributed by atoms with Crippen LogP contribution in [-0.2, 0) is 11.2 Å². The number of ketones is 1. The lowest BCUT2D eigenvalue weighted by molar-refractivity contribution is -0.277. The maximum absolute atomic E-state index is 13.1. The first-order valence-electron chi connectivity index (χ1n) is 11.7. The van der Waals surface area contributed by atoms with Crippen molar-refractivity contribution in [3.8, 4) is 23.0 Å². The summed E-state index contributed by atoms with van der Waals surface area (Å²) in [6, 6.07) is 7.02. The summed E-state index contributed by atoms with van der Waals surface area (Å²) in [7, 11) is 0. The third-order valence-electron chi connectivity index (χ3n) is 6.41. The summed E-state index contributed by atoms with van der Waals surface area (Å²) >= 11 is 0. The van der Waals surface area contributed by atoms with E-state index in [1.807, 2.05) is 13.8 Å². The smallest absolute Gasteiger partial charge is 0.229 e. The number of carbonyl (C=O) groups excluding carboxylic acids is 1. The van der Waals surface area contributed by atoms with Gasteiger partial charge in [-0.25, -0.2) is 0 Å². The van der Waals surface area contributed by atoms with Gasteiger partial charge in [-0.05, 0) is 38.0 Å². The fraction of sp³-hybridized carbons (Fsp3) is 0.423. The number of aliphatic hydroxyl groups excluding tert-OH is 5. The molecule has 7 atom stereocenters. The first-order chi connectivity index (χ1) is 17.5. The molecule has 200 valence electrons. The van der Waals surface area contributed by atoms with E-state index in [1.165, 1.54) is 30.3 Å². The molecular formula is C26H30O11. The van der Waals surface area contributed by atoms with Gasteiger partial charge < -0.3 is 50.0 Å². The Morgan fingerprint density at radius 2 is 1.70 bits per heavy atom. The van der Waals surface area contributed by atoms with Gasteiger partial charge in [-0.1, -0.05) is 23.8 Å². The minimum absolute atomic E-state index is 0.0162. The average Bonchev–Trinajstić information content (AvgIpc) is 2.86. The second-order valence-corrected chi connectivity index (χ2v) is 9.31. The van der Waals surface area contributed by atoms with Crippen LogP contribution in [0.3, 0.4) is 0 Å². The summed E-state index contributed by atoms with van der Waals surface area (Å²) in [6.07, 6.45) is -8.68. The van der Waals surface area contributed by atoms with Gasteiger partial charge in [0.1, 0.15) is 53.0 Å². The Balaban J connectivity index is 1.77. The molecule has 0 unspecified atom stereocenters. The van der Waals surface area contributed by atoms with Crippen LogP contribution in [0.15, 0.2) is 42.0 Å². The molecule has 11 nitrogen and oxygen atoms in total. The van der Waals surface area contributed by atoms with Crippen LogP contribution in [0.2, 0.25) is 0 Å². The molecule has 1 saturated heterocycles. The number of aliphatic hydroxyl groups is 5. The van der Waals surface area contributed by atoms with Crippen LogP contribution in [-0.4, -0.2) is 84.9 Å². The number of ether oxygens (including phenoxy) is 3. The van der Waals surface area contributed by atoms with Crippen molar-refractivity contribution in [2.45, 2.75) is 63.2 Å². The van der Waals surface area contributed by atoms with Crippen LogP contribution in [0.4, 0.5) is 0 Å². The van der Waals surface area contributed by atoms with E-state index in [0.29, 0.717) is 5.56 Å². The van der Waals surface area contributed by atoms with Gasteiger partial charge in [-0.3, -0.25) is 4.79 Å². The van der Waals surface area contributed by atoms with Crippen molar-refractivity contribution in [1.82, 2.24) is 0 Å². The van der Waals surface area contributed by atoms with Gasteiger partial charge in [-0.2, -0.15) is 0 Å². The van der Waals surface area contributed by atoms with Crippen molar-refractivity contribution < 1.29 is 54.8 Å². The lowest BCUT2D eigenvalue weighted by Crippen LogP contribution is -2.60. The Bertz CT molecular complexity index is 1170. The molecule has 0 saturated carbocycles. The second kappa shape index (κ2) is 10.7. The number of fused-ring (bicyclic) bond motifs is 1. The van der Waals surface area contributed by atoms with Gasteiger partial charge in [-0.15, -0.1) is 0 Å². The maximum atomic E-state index is 13.1. The van der Waals surface area contributed by atoms with Crippen molar-refractivity contribution >= 4 is 5.78 Å². The van der Waals surface area contributed by atoms with E-state index in [4.69, 9.17) is 14.2 Å². The molecule has 4 rings (SSSR count). The second-order valence-electron chi connectivity index (χ2n) is 9.31. The predicted molar refractivity (Wildman–Crippen MR) is 127 cm³/mol. The molecule has 2 aromatic carbocycles. The Hall–Kier alpha value is -3.19. The standard InChI is InChI=1S/C26H30O11/c1-11(2)3-8-14-15(36-26-24(34)22(32)20(30)17(10-27)37-26)9-16-18(19(14)29)21(31)23(33)25(35-16)12-4-6-13(28)7-5-12/h3-7,9,17,20,22-30,32-34H,8,10H2,1-2H3/t17-,20+,22+,23-,24+,25-,26+/m0/s1. The third-order valence-corrected chi connectivity index (χ3v) is 6.41. The van der Waals surface area contributed by atoms with Gasteiger partial charge in [0, 0.05) is 11.6 Å². The highest BCUT2D eigenvalue weighted by Gasteiger charge is 2.46. The van der Waals surface area contributed by atoms with Crippen LogP contribution >= 0.6 is 0 Å². The molecule has 0 radical (unpaired) electrons. The minimum atomic E-state index is -1.71. The number of phenolic OH excluding ortho intramolecular Hbond substituents is 2. The maximum Gasteiger partial charge on any atom is 0.229 e. The lowest BCUT2D eigenvalue weighted by Gasteiger charge is -2.40. The molecule has 0 aliphatic carbocycles. The lowest BCUT2D eigenvalue weighted by atomic mass is 9.90. The summed E-state index contributed by atoms with van der Waals surface area (Å²) in [4.78, 5) is 13.1. The van der Waals surface area contributed by atoms with Gasteiger partial charge in [0.15, 0.2) is 12.2 Å². The molecule has 0 aromatic heterocycles. The van der Waals surface area contributed by atoms with E-state index in [9.17, 15) is 40.5 Å². The molecule has 11 heteroatoms. The number of benzene rings is 2. The van der Waals surface area contributed by atoms with Gasteiger partial charge >= 0.3 is 0 Å². The number of carbonyl (C=O) groups is 1. The Kier molecular flexibility index (Phi) is 7.74. The fourth-order valence-corrected chi connectivity index (χ4v) is 4.29. The number of allylic oxidation sites excluding steroid dienone is 2. The van der Waals surface area contributed by atoms with Crippen molar-refractivity contribution in [1.29, 1.82) is 0 Å². The first-order valence-corrected chi connectivity index (χ1v) is 11.7. The normalized spacial score (nSPS) is 29.3. The van der Waals surface area contributed by atoms with Crippen LogP contribution in [0.25, 0.3) is 0 Å². The van der Waals surface area contributed by atoms with Gasteiger partial charge in [0.05, 0.1) is 6.61 Å². The quantitative estimate of drug-likeness (QED) is 0.263. The zero-order chi connectivity index (χ0) is 27.0. The number of hydrogen-bond donors (Lipinski definition) is 7. The van der Waals surface area contributed by atoms with Crippen LogP contribution in [0.5, 0.6) is 23.0 Å². The molecule has 37 heavy (non-hydrogen) atoms. The highest BCUT2D eigenvalue weighted by atomic mass is 16.7. The van der Waals surface area contributed by atoms with E-state index >= 15 is 0 Å². The molecule has 2 heterocycles. The van der Waals surface area contributed by atoms with E-state index in [-0.39, 0.29) is 34.8 Å². The van der Waals surface area contributed by atoms with Crippen LogP contribution in [0, 0.1) is 0 Å². The summed E-state index contributed by atoms with van der Waals surface area (Å²) in [5.41, 5.74) is 1.17. The Morgan fingerprint density at radius 3 is 2.32 bits per heavy atom. The fourth-order valence-electron chi connectivity index (χ4n) is 4.29. The number of aromatic hydroxyl groups is 2. The van der Waals surface area contributed by atoms with Gasteiger partial charge in [0.25, 0.3) is 0 Å².